The summed E-state index contributed by atoms with van der Waals surface area (Å²) in [4.78, 5) is 23.9. The lowest BCUT2D eigenvalue weighted by Gasteiger charge is -2.39. The number of ether oxygens (including phenoxy) is 1. The maximum Gasteiger partial charge on any atom is 0.302 e. The standard InChI is InChI=1S/C16H19ClN2O4/c1-10-15(3,4)16(22,9-23-11(2)20)19(18-10)14(21)12-5-7-13(17)8-6-12/h5-8,22H,9H2,1-4H3. The first-order chi connectivity index (χ1) is 10.6. The Kier molecular flexibility index (Phi) is 4.50. The number of rotatable bonds is 3. The lowest BCUT2D eigenvalue weighted by molar-refractivity contribution is -0.178. The van der Waals surface area contributed by atoms with Crippen LogP contribution in [0.3, 0.4) is 0 Å². The molecular formula is C16H19ClN2O4. The van der Waals surface area contributed by atoms with Gasteiger partial charge in [-0.1, -0.05) is 11.6 Å². The highest BCUT2D eigenvalue weighted by molar-refractivity contribution is 6.30. The van der Waals surface area contributed by atoms with Crippen LogP contribution < -0.4 is 0 Å². The summed E-state index contributed by atoms with van der Waals surface area (Å²) in [6, 6.07) is 6.26. The molecule has 0 fully saturated rings. The van der Waals surface area contributed by atoms with Gasteiger partial charge in [0.25, 0.3) is 5.91 Å². The lowest BCUT2D eigenvalue weighted by Crippen LogP contribution is -2.58. The second-order valence-corrected chi connectivity index (χ2v) is 6.47. The Morgan fingerprint density at radius 3 is 2.39 bits per heavy atom. The van der Waals surface area contributed by atoms with E-state index in [1.807, 2.05) is 0 Å². The molecule has 124 valence electrons. The highest BCUT2D eigenvalue weighted by atomic mass is 35.5. The molecule has 0 aliphatic carbocycles. The van der Waals surface area contributed by atoms with Gasteiger partial charge in [0.1, 0.15) is 6.61 Å². The zero-order chi connectivity index (χ0) is 17.4. The maximum absolute atomic E-state index is 12.7. The SMILES string of the molecule is CC(=O)OCC1(O)N(C(=O)c2ccc(Cl)cc2)N=C(C)C1(C)C. The van der Waals surface area contributed by atoms with E-state index in [0.29, 0.717) is 16.3 Å². The monoisotopic (exact) mass is 338 g/mol. The summed E-state index contributed by atoms with van der Waals surface area (Å²) in [7, 11) is 0. The molecule has 1 aliphatic heterocycles. The van der Waals surface area contributed by atoms with Crippen molar-refractivity contribution in [3.63, 3.8) is 0 Å². The summed E-state index contributed by atoms with van der Waals surface area (Å²) in [5, 5.41) is 16.7. The van der Waals surface area contributed by atoms with Gasteiger partial charge in [0, 0.05) is 23.2 Å². The zero-order valence-corrected chi connectivity index (χ0v) is 14.2. The first-order valence-corrected chi connectivity index (χ1v) is 7.49. The van der Waals surface area contributed by atoms with E-state index in [0.717, 1.165) is 5.01 Å². The molecule has 1 N–H and O–H groups in total. The predicted molar refractivity (Wildman–Crippen MR) is 86.1 cm³/mol. The number of hydrazone groups is 1. The third-order valence-corrected chi connectivity index (χ3v) is 4.52. The fourth-order valence-electron chi connectivity index (χ4n) is 2.28. The van der Waals surface area contributed by atoms with Gasteiger partial charge in [0.05, 0.1) is 5.41 Å². The molecule has 7 heteroatoms. The van der Waals surface area contributed by atoms with Gasteiger partial charge >= 0.3 is 5.97 Å². The summed E-state index contributed by atoms with van der Waals surface area (Å²) in [6.45, 7) is 6.07. The molecule has 1 heterocycles. The minimum atomic E-state index is -1.76. The minimum absolute atomic E-state index is 0.324. The molecular weight excluding hydrogens is 320 g/mol. The Morgan fingerprint density at radius 1 is 1.30 bits per heavy atom. The van der Waals surface area contributed by atoms with Gasteiger partial charge in [0.15, 0.2) is 0 Å². The number of carbonyl (C=O) groups is 2. The first kappa shape index (κ1) is 17.4. The van der Waals surface area contributed by atoms with Crippen molar-refractivity contribution in [2.24, 2.45) is 10.5 Å². The van der Waals surface area contributed by atoms with Crippen molar-refractivity contribution in [1.82, 2.24) is 5.01 Å². The Labute approximate surface area is 139 Å². The molecule has 0 saturated carbocycles. The van der Waals surface area contributed by atoms with Crippen LogP contribution in [-0.4, -0.2) is 40.0 Å². The van der Waals surface area contributed by atoms with Crippen molar-refractivity contribution >= 4 is 29.2 Å². The van der Waals surface area contributed by atoms with Crippen LogP contribution in [0.4, 0.5) is 0 Å². The fraction of sp³-hybridized carbons (Fsp3) is 0.438. The van der Waals surface area contributed by atoms with Gasteiger partial charge in [-0.05, 0) is 45.0 Å². The molecule has 0 saturated heterocycles. The predicted octanol–water partition coefficient (Wildman–Crippen LogP) is 2.45. The Bertz CT molecular complexity index is 669. The molecule has 1 unspecified atom stereocenters. The Hall–Kier alpha value is -1.92. The number of hydrogen-bond acceptors (Lipinski definition) is 5. The molecule has 1 aliphatic rings. The molecule has 1 atom stereocenters. The number of benzene rings is 1. The number of esters is 1. The lowest BCUT2D eigenvalue weighted by atomic mass is 9.78. The average molecular weight is 339 g/mol. The molecule has 0 radical (unpaired) electrons. The van der Waals surface area contributed by atoms with Crippen molar-refractivity contribution in [1.29, 1.82) is 0 Å². The van der Waals surface area contributed by atoms with Gasteiger partial charge < -0.3 is 9.84 Å². The second-order valence-electron chi connectivity index (χ2n) is 6.03. The molecule has 23 heavy (non-hydrogen) atoms. The molecule has 1 amide bonds. The van der Waals surface area contributed by atoms with Crippen molar-refractivity contribution in [2.45, 2.75) is 33.4 Å². The quantitative estimate of drug-likeness (QED) is 0.858. The van der Waals surface area contributed by atoms with Crippen molar-refractivity contribution in [3.8, 4) is 0 Å². The average Bonchev–Trinajstić information content (AvgIpc) is 2.66. The third kappa shape index (κ3) is 2.96. The van der Waals surface area contributed by atoms with Crippen LogP contribution in [0.2, 0.25) is 5.02 Å². The van der Waals surface area contributed by atoms with Crippen molar-refractivity contribution < 1.29 is 19.4 Å². The van der Waals surface area contributed by atoms with E-state index in [2.05, 4.69) is 5.10 Å². The summed E-state index contributed by atoms with van der Waals surface area (Å²) in [5.74, 6) is -1.04. The van der Waals surface area contributed by atoms with E-state index in [4.69, 9.17) is 16.3 Å². The molecule has 0 aromatic heterocycles. The highest BCUT2D eigenvalue weighted by Crippen LogP contribution is 2.42. The number of carbonyl (C=O) groups excluding carboxylic acids is 2. The fourth-order valence-corrected chi connectivity index (χ4v) is 2.41. The Morgan fingerprint density at radius 2 is 1.87 bits per heavy atom. The molecule has 1 aromatic carbocycles. The summed E-state index contributed by atoms with van der Waals surface area (Å²) in [6.07, 6.45) is 0. The van der Waals surface area contributed by atoms with E-state index in [1.54, 1.807) is 45.0 Å². The normalized spacial score (nSPS) is 22.7. The molecule has 1 aromatic rings. The van der Waals surface area contributed by atoms with Crippen molar-refractivity contribution in [2.75, 3.05) is 6.61 Å². The van der Waals surface area contributed by atoms with E-state index >= 15 is 0 Å². The summed E-state index contributed by atoms with van der Waals surface area (Å²) < 4.78 is 4.97. The van der Waals surface area contributed by atoms with Crippen LogP contribution >= 0.6 is 11.6 Å². The van der Waals surface area contributed by atoms with Crippen LogP contribution in [0.5, 0.6) is 0 Å². The smallest absolute Gasteiger partial charge is 0.302 e. The first-order valence-electron chi connectivity index (χ1n) is 7.11. The number of nitrogens with zero attached hydrogens (tertiary/aromatic N) is 2. The van der Waals surface area contributed by atoms with E-state index in [1.165, 1.54) is 6.92 Å². The van der Waals surface area contributed by atoms with Gasteiger partial charge in [-0.3, -0.25) is 9.59 Å². The number of hydrogen-bond donors (Lipinski definition) is 1. The van der Waals surface area contributed by atoms with Crippen LogP contribution in [0.15, 0.2) is 29.4 Å². The van der Waals surface area contributed by atoms with E-state index in [9.17, 15) is 14.7 Å². The van der Waals surface area contributed by atoms with Gasteiger partial charge in [-0.25, -0.2) is 0 Å². The maximum atomic E-state index is 12.7. The summed E-state index contributed by atoms with van der Waals surface area (Å²) >= 11 is 5.83. The topological polar surface area (TPSA) is 79.2 Å². The van der Waals surface area contributed by atoms with Crippen LogP contribution in [0.25, 0.3) is 0 Å². The highest BCUT2D eigenvalue weighted by Gasteiger charge is 2.58. The number of aliphatic hydroxyl groups is 1. The van der Waals surface area contributed by atoms with Crippen molar-refractivity contribution in [3.05, 3.63) is 34.9 Å². The van der Waals surface area contributed by atoms with Gasteiger partial charge in [-0.2, -0.15) is 10.1 Å². The van der Waals surface area contributed by atoms with Crippen LogP contribution in [0, 0.1) is 5.41 Å². The molecule has 0 spiro atoms. The third-order valence-electron chi connectivity index (χ3n) is 4.27. The Balaban J connectivity index is 2.39. The largest absolute Gasteiger partial charge is 0.461 e. The van der Waals surface area contributed by atoms with Crippen LogP contribution in [0.1, 0.15) is 38.1 Å². The number of halogens is 1. The van der Waals surface area contributed by atoms with Gasteiger partial charge in [-0.15, -0.1) is 0 Å². The molecule has 0 bridgehead atoms. The number of amides is 1. The van der Waals surface area contributed by atoms with E-state index < -0.39 is 23.0 Å². The molecule has 2 rings (SSSR count). The zero-order valence-electron chi connectivity index (χ0n) is 13.5. The minimum Gasteiger partial charge on any atom is -0.461 e. The van der Waals surface area contributed by atoms with E-state index in [-0.39, 0.29) is 6.61 Å². The van der Waals surface area contributed by atoms with Gasteiger partial charge in [0.2, 0.25) is 5.72 Å². The van der Waals surface area contributed by atoms with Crippen LogP contribution in [-0.2, 0) is 9.53 Å². The molecule has 6 nitrogen and oxygen atoms in total. The summed E-state index contributed by atoms with van der Waals surface area (Å²) in [5.41, 5.74) is -1.75. The second kappa shape index (κ2) is 5.94.